The molecule has 0 saturated carbocycles. The Labute approximate surface area is 184 Å². The van der Waals surface area contributed by atoms with Gasteiger partial charge in [0.15, 0.2) is 0 Å². The zero-order valence-corrected chi connectivity index (χ0v) is 17.9. The average Bonchev–Trinajstić information content (AvgIpc) is 3.20. The van der Waals surface area contributed by atoms with Gasteiger partial charge in [-0.3, -0.25) is 14.5 Å². The number of amides is 2. The molecule has 2 aliphatic rings. The van der Waals surface area contributed by atoms with Gasteiger partial charge < -0.3 is 19.9 Å². The van der Waals surface area contributed by atoms with E-state index in [1.807, 2.05) is 24.3 Å². The van der Waals surface area contributed by atoms with Crippen LogP contribution < -0.4 is 10.6 Å². The quantitative estimate of drug-likeness (QED) is 0.642. The van der Waals surface area contributed by atoms with Crippen molar-refractivity contribution < 1.29 is 14.3 Å². The number of ether oxygens (including phenoxy) is 1. The molecule has 3 heterocycles. The van der Waals surface area contributed by atoms with Crippen molar-refractivity contribution in [2.75, 3.05) is 49.2 Å². The van der Waals surface area contributed by atoms with Gasteiger partial charge in [-0.1, -0.05) is 0 Å². The van der Waals surface area contributed by atoms with E-state index in [1.54, 1.807) is 12.1 Å². The molecule has 2 amide bonds. The van der Waals surface area contributed by atoms with Crippen LogP contribution in [0.5, 0.6) is 0 Å². The van der Waals surface area contributed by atoms with Crippen molar-refractivity contribution in [1.29, 1.82) is 0 Å². The minimum absolute atomic E-state index is 0.0429. The van der Waals surface area contributed by atoms with Crippen LogP contribution in [0.2, 0.25) is 0 Å². The van der Waals surface area contributed by atoms with Gasteiger partial charge in [0.2, 0.25) is 5.91 Å². The van der Waals surface area contributed by atoms with Gasteiger partial charge in [-0.25, -0.2) is 0 Å². The van der Waals surface area contributed by atoms with Crippen LogP contribution in [0.1, 0.15) is 10.4 Å². The number of carbonyl (C=O) groups is 2. The first-order valence-electron chi connectivity index (χ1n) is 10.4. The summed E-state index contributed by atoms with van der Waals surface area (Å²) in [7, 11) is 0. The molecule has 2 aliphatic heterocycles. The molecule has 7 nitrogen and oxygen atoms in total. The zero-order chi connectivity index (χ0) is 21.2. The molecular formula is C23H24N4O3S. The van der Waals surface area contributed by atoms with E-state index in [0.29, 0.717) is 17.0 Å². The molecule has 0 atom stereocenters. The summed E-state index contributed by atoms with van der Waals surface area (Å²) in [4.78, 5) is 27.8. The first-order chi connectivity index (χ1) is 15.2. The summed E-state index contributed by atoms with van der Waals surface area (Å²) in [6.45, 7) is 5.52. The molecule has 1 aromatic heterocycles. The first kappa shape index (κ1) is 20.1. The van der Waals surface area contributed by atoms with Crippen LogP contribution in [0.4, 0.5) is 11.4 Å². The highest BCUT2D eigenvalue weighted by atomic mass is 32.2. The van der Waals surface area contributed by atoms with Crippen LogP contribution in [0.25, 0.3) is 10.9 Å². The number of hydrogen-bond donors (Lipinski definition) is 2. The first-order valence-corrected chi connectivity index (χ1v) is 11.4. The van der Waals surface area contributed by atoms with E-state index in [9.17, 15) is 9.59 Å². The van der Waals surface area contributed by atoms with E-state index in [4.69, 9.17) is 4.74 Å². The molecule has 31 heavy (non-hydrogen) atoms. The molecule has 0 bridgehead atoms. The number of nitrogens with zero attached hydrogens (tertiary/aromatic N) is 2. The minimum Gasteiger partial charge on any atom is -0.379 e. The number of hydrogen-bond acceptors (Lipinski definition) is 5. The normalized spacial score (nSPS) is 16.7. The Bertz CT molecular complexity index is 1140. The molecule has 8 heteroatoms. The molecule has 0 spiro atoms. The molecule has 1 saturated heterocycles. The lowest BCUT2D eigenvalue weighted by Crippen LogP contribution is -2.38. The zero-order valence-electron chi connectivity index (χ0n) is 17.1. The van der Waals surface area contributed by atoms with Crippen molar-refractivity contribution in [2.45, 2.75) is 11.4 Å². The number of nitrogens with one attached hydrogen (secondary N) is 2. The van der Waals surface area contributed by atoms with Gasteiger partial charge in [-0.2, -0.15) is 0 Å². The second kappa shape index (κ2) is 8.74. The minimum atomic E-state index is -0.196. The fourth-order valence-electron chi connectivity index (χ4n) is 3.97. The van der Waals surface area contributed by atoms with Crippen molar-refractivity contribution >= 4 is 45.9 Å². The summed E-state index contributed by atoms with van der Waals surface area (Å²) in [5, 5.41) is 6.89. The maximum atomic E-state index is 12.7. The highest BCUT2D eigenvalue weighted by Gasteiger charge is 2.17. The molecule has 2 aromatic carbocycles. The number of benzene rings is 2. The van der Waals surface area contributed by atoms with E-state index in [2.05, 4.69) is 32.4 Å². The fraction of sp³-hybridized carbons (Fsp3) is 0.304. The summed E-state index contributed by atoms with van der Waals surface area (Å²) >= 11 is 1.48. The van der Waals surface area contributed by atoms with Gasteiger partial charge in [0.1, 0.15) is 0 Å². The van der Waals surface area contributed by atoms with E-state index in [-0.39, 0.29) is 11.8 Å². The van der Waals surface area contributed by atoms with E-state index >= 15 is 0 Å². The largest absolute Gasteiger partial charge is 0.379 e. The second-order valence-electron chi connectivity index (χ2n) is 7.74. The molecule has 0 unspecified atom stereocenters. The third-order valence-electron chi connectivity index (χ3n) is 5.66. The van der Waals surface area contributed by atoms with Crippen molar-refractivity contribution in [1.82, 2.24) is 9.47 Å². The van der Waals surface area contributed by atoms with Gasteiger partial charge in [0, 0.05) is 59.4 Å². The van der Waals surface area contributed by atoms with Crippen molar-refractivity contribution in [3.63, 3.8) is 0 Å². The van der Waals surface area contributed by atoms with E-state index in [1.165, 1.54) is 11.8 Å². The molecule has 2 N–H and O–H groups in total. The van der Waals surface area contributed by atoms with Crippen LogP contribution in [0.3, 0.4) is 0 Å². The molecule has 1 fully saturated rings. The number of morpholine rings is 1. The SMILES string of the molecule is O=C1CSc2ccc(C(=O)Nc3ccc4c(ccn4CCN4CCOCC4)c3)cc2N1. The number of aromatic nitrogens is 1. The summed E-state index contributed by atoms with van der Waals surface area (Å²) in [6.07, 6.45) is 2.10. The summed E-state index contributed by atoms with van der Waals surface area (Å²) < 4.78 is 7.66. The maximum Gasteiger partial charge on any atom is 0.255 e. The smallest absolute Gasteiger partial charge is 0.255 e. The molecule has 0 aliphatic carbocycles. The van der Waals surface area contributed by atoms with Crippen molar-refractivity contribution in [2.24, 2.45) is 0 Å². The van der Waals surface area contributed by atoms with Crippen LogP contribution in [-0.2, 0) is 16.1 Å². The van der Waals surface area contributed by atoms with Crippen molar-refractivity contribution in [3.8, 4) is 0 Å². The number of fused-ring (bicyclic) bond motifs is 2. The highest BCUT2D eigenvalue weighted by molar-refractivity contribution is 8.00. The Kier molecular flexibility index (Phi) is 5.67. The highest BCUT2D eigenvalue weighted by Crippen LogP contribution is 2.32. The Balaban J connectivity index is 1.27. The Morgan fingerprint density at radius 2 is 1.97 bits per heavy atom. The second-order valence-corrected chi connectivity index (χ2v) is 8.76. The molecule has 0 radical (unpaired) electrons. The van der Waals surface area contributed by atoms with Crippen LogP contribution in [0.15, 0.2) is 53.6 Å². The van der Waals surface area contributed by atoms with Gasteiger partial charge in [0.05, 0.1) is 24.7 Å². The van der Waals surface area contributed by atoms with E-state index in [0.717, 1.165) is 60.9 Å². The fourth-order valence-corrected chi connectivity index (χ4v) is 4.76. The topological polar surface area (TPSA) is 75.6 Å². The summed E-state index contributed by atoms with van der Waals surface area (Å²) in [6, 6.07) is 13.5. The predicted octanol–water partition coefficient (Wildman–Crippen LogP) is 3.27. The Morgan fingerprint density at radius 3 is 2.84 bits per heavy atom. The number of rotatable bonds is 5. The Hall–Kier alpha value is -2.81. The lowest BCUT2D eigenvalue weighted by atomic mass is 10.1. The van der Waals surface area contributed by atoms with Crippen LogP contribution >= 0.6 is 11.8 Å². The third-order valence-corrected chi connectivity index (χ3v) is 6.74. The summed E-state index contributed by atoms with van der Waals surface area (Å²) in [5.41, 5.74) is 3.12. The van der Waals surface area contributed by atoms with E-state index < -0.39 is 0 Å². The van der Waals surface area contributed by atoms with Crippen LogP contribution in [0, 0.1) is 0 Å². The standard InChI is InChI=1S/C23H24N4O3S/c28-22-15-31-21-4-1-17(14-19(21)25-22)23(29)24-18-2-3-20-16(13-18)5-6-27(20)8-7-26-9-11-30-12-10-26/h1-6,13-14H,7-12,15H2,(H,24,29)(H,25,28). The van der Waals surface area contributed by atoms with Gasteiger partial charge in [-0.05, 0) is 42.5 Å². The van der Waals surface area contributed by atoms with Gasteiger partial charge in [0.25, 0.3) is 5.91 Å². The lowest BCUT2D eigenvalue weighted by molar-refractivity contribution is -0.113. The molecule has 160 valence electrons. The lowest BCUT2D eigenvalue weighted by Gasteiger charge is -2.26. The van der Waals surface area contributed by atoms with Gasteiger partial charge in [-0.15, -0.1) is 11.8 Å². The monoisotopic (exact) mass is 436 g/mol. The van der Waals surface area contributed by atoms with Crippen LogP contribution in [-0.4, -0.2) is 59.9 Å². The molecule has 5 rings (SSSR count). The summed E-state index contributed by atoms with van der Waals surface area (Å²) in [5.74, 6) is 0.169. The van der Waals surface area contributed by atoms with Gasteiger partial charge >= 0.3 is 0 Å². The number of thioether (sulfide) groups is 1. The third kappa shape index (κ3) is 4.46. The number of carbonyl (C=O) groups excluding carboxylic acids is 2. The molecular weight excluding hydrogens is 412 g/mol. The molecule has 3 aromatic rings. The predicted molar refractivity (Wildman–Crippen MR) is 123 cm³/mol. The van der Waals surface area contributed by atoms with Crippen molar-refractivity contribution in [3.05, 3.63) is 54.2 Å². The Morgan fingerprint density at radius 1 is 1.10 bits per heavy atom. The number of anilines is 2. The maximum absolute atomic E-state index is 12.7. The average molecular weight is 437 g/mol.